The second-order valence-corrected chi connectivity index (χ2v) is 11.5. The fraction of sp³-hybridized carbons (Fsp3) is 0.708. The monoisotopic (exact) mass is 417 g/mol. The van der Waals surface area contributed by atoms with Gasteiger partial charge in [-0.05, 0) is 89.5 Å². The molecule has 2 aliphatic rings. The molecule has 3 rings (SSSR count). The van der Waals surface area contributed by atoms with Gasteiger partial charge in [0.15, 0.2) is 0 Å². The molecule has 162 valence electrons. The van der Waals surface area contributed by atoms with Crippen molar-refractivity contribution in [1.82, 2.24) is 4.72 Å². The third-order valence-corrected chi connectivity index (χ3v) is 7.17. The third kappa shape index (κ3) is 7.86. The number of benzene rings is 1. The van der Waals surface area contributed by atoms with Crippen LogP contribution in [0.3, 0.4) is 0 Å². The average molecular weight is 418 g/mol. The normalized spacial score (nSPS) is 23.6. The minimum atomic E-state index is 0.195. The smallest absolute Gasteiger partial charge is 0.227 e. The van der Waals surface area contributed by atoms with Gasteiger partial charge in [-0.2, -0.15) is 0 Å². The lowest BCUT2D eigenvalue weighted by atomic mass is 9.86. The molecule has 2 aliphatic carbocycles. The van der Waals surface area contributed by atoms with Gasteiger partial charge in [-0.3, -0.25) is 9.52 Å². The number of hydrogen-bond donors (Lipinski definition) is 3. The molecule has 0 heterocycles. The number of hydrogen-bond acceptors (Lipinski definition) is 4. The highest BCUT2D eigenvalue weighted by Crippen LogP contribution is 2.29. The zero-order chi connectivity index (χ0) is 20.7. The zero-order valence-electron chi connectivity index (χ0n) is 18.4. The maximum Gasteiger partial charge on any atom is 0.227 e. The van der Waals surface area contributed by atoms with Gasteiger partial charge in [-0.15, -0.1) is 0 Å². The summed E-state index contributed by atoms with van der Waals surface area (Å²) in [4.78, 5) is 12.4. The summed E-state index contributed by atoms with van der Waals surface area (Å²) in [5.74, 6) is 1.15. The highest BCUT2D eigenvalue weighted by molar-refractivity contribution is 7.98. The molecular formula is C24H39N3OS. The van der Waals surface area contributed by atoms with E-state index in [1.54, 1.807) is 0 Å². The van der Waals surface area contributed by atoms with Crippen molar-refractivity contribution in [2.45, 2.75) is 89.3 Å². The largest absolute Gasteiger partial charge is 0.385 e. The molecule has 0 bridgehead atoms. The predicted octanol–water partition coefficient (Wildman–Crippen LogP) is 6.21. The van der Waals surface area contributed by atoms with Gasteiger partial charge in [0.2, 0.25) is 5.91 Å². The van der Waals surface area contributed by atoms with Crippen LogP contribution in [0.2, 0.25) is 0 Å². The van der Waals surface area contributed by atoms with E-state index in [1.165, 1.54) is 44.9 Å². The van der Waals surface area contributed by atoms with Crippen molar-refractivity contribution in [3.63, 3.8) is 0 Å². The van der Waals surface area contributed by atoms with E-state index in [0.717, 1.165) is 36.7 Å². The van der Waals surface area contributed by atoms with Crippen LogP contribution in [0.15, 0.2) is 24.3 Å². The summed E-state index contributed by atoms with van der Waals surface area (Å²) >= 11 is 1.87. The molecule has 0 aliphatic heterocycles. The van der Waals surface area contributed by atoms with Crippen LogP contribution in [0, 0.1) is 11.8 Å². The summed E-state index contributed by atoms with van der Waals surface area (Å²) in [6, 6.07) is 8.87. The highest BCUT2D eigenvalue weighted by Gasteiger charge is 2.23. The maximum atomic E-state index is 12.4. The summed E-state index contributed by atoms with van der Waals surface area (Å²) in [6.45, 7) is 7.81. The Labute approximate surface area is 181 Å². The molecule has 0 spiro atoms. The minimum absolute atomic E-state index is 0.195. The molecule has 1 aromatic rings. The fourth-order valence-corrected chi connectivity index (χ4v) is 5.04. The molecule has 2 fully saturated rings. The van der Waals surface area contributed by atoms with Crippen LogP contribution >= 0.6 is 11.9 Å². The standard InChI is InChI=1S/C24H39N3OS/c1-24(2,3)29-27-22-11-9-18(10-12-22)17-25-20-13-15-21(16-14-20)26-23(28)19-7-5-4-6-8-19/h13-16,18-19,22,25,27H,4-12,17H2,1-3H3,(H,26,28)/t18-,22-. The van der Waals surface area contributed by atoms with Gasteiger partial charge in [-0.25, -0.2) is 0 Å². The molecule has 5 heteroatoms. The van der Waals surface area contributed by atoms with E-state index >= 15 is 0 Å². The first kappa shape index (κ1) is 22.5. The molecule has 0 atom stereocenters. The molecule has 0 unspecified atom stereocenters. The number of amides is 1. The van der Waals surface area contributed by atoms with Gasteiger partial charge in [0.25, 0.3) is 0 Å². The van der Waals surface area contributed by atoms with E-state index in [9.17, 15) is 4.79 Å². The minimum Gasteiger partial charge on any atom is -0.385 e. The van der Waals surface area contributed by atoms with Crippen molar-refractivity contribution in [2.24, 2.45) is 11.8 Å². The number of nitrogens with one attached hydrogen (secondary N) is 3. The average Bonchev–Trinajstić information content (AvgIpc) is 2.72. The Kier molecular flexibility index (Phi) is 8.31. The summed E-state index contributed by atoms with van der Waals surface area (Å²) in [5.41, 5.74) is 2.05. The lowest BCUT2D eigenvalue weighted by molar-refractivity contribution is -0.120. The van der Waals surface area contributed by atoms with Crippen molar-refractivity contribution < 1.29 is 4.79 Å². The van der Waals surface area contributed by atoms with Crippen LogP contribution in [0.1, 0.15) is 78.6 Å². The van der Waals surface area contributed by atoms with Crippen LogP contribution in [0.5, 0.6) is 0 Å². The lowest BCUT2D eigenvalue weighted by Gasteiger charge is -2.31. The highest BCUT2D eigenvalue weighted by atomic mass is 32.2. The van der Waals surface area contributed by atoms with E-state index in [1.807, 2.05) is 24.1 Å². The first-order chi connectivity index (χ1) is 13.9. The topological polar surface area (TPSA) is 53.2 Å². The maximum absolute atomic E-state index is 12.4. The van der Waals surface area contributed by atoms with Crippen molar-refractivity contribution in [3.05, 3.63) is 24.3 Å². The number of carbonyl (C=O) groups is 1. The van der Waals surface area contributed by atoms with Crippen molar-refractivity contribution in [3.8, 4) is 0 Å². The van der Waals surface area contributed by atoms with Crippen LogP contribution in [-0.4, -0.2) is 23.2 Å². The van der Waals surface area contributed by atoms with Gasteiger partial charge in [0.05, 0.1) is 0 Å². The van der Waals surface area contributed by atoms with E-state index in [0.29, 0.717) is 6.04 Å². The Bertz CT molecular complexity index is 627. The molecule has 3 N–H and O–H groups in total. The van der Waals surface area contributed by atoms with Gasteiger partial charge in [-0.1, -0.05) is 31.2 Å². The summed E-state index contributed by atoms with van der Waals surface area (Å²) in [6.07, 6.45) is 10.8. The van der Waals surface area contributed by atoms with Gasteiger partial charge in [0, 0.05) is 34.6 Å². The number of anilines is 2. The number of carbonyl (C=O) groups excluding carboxylic acids is 1. The Morgan fingerprint density at radius 2 is 1.55 bits per heavy atom. The second-order valence-electron chi connectivity index (χ2n) is 9.83. The number of rotatable bonds is 7. The van der Waals surface area contributed by atoms with E-state index < -0.39 is 0 Å². The van der Waals surface area contributed by atoms with Crippen molar-refractivity contribution in [1.29, 1.82) is 0 Å². The quantitative estimate of drug-likeness (QED) is 0.462. The Balaban J connectivity index is 1.35. The van der Waals surface area contributed by atoms with Crippen molar-refractivity contribution in [2.75, 3.05) is 17.2 Å². The van der Waals surface area contributed by atoms with Gasteiger partial charge < -0.3 is 10.6 Å². The Morgan fingerprint density at radius 3 is 2.17 bits per heavy atom. The molecule has 29 heavy (non-hydrogen) atoms. The lowest BCUT2D eigenvalue weighted by Crippen LogP contribution is -2.33. The molecule has 2 saturated carbocycles. The van der Waals surface area contributed by atoms with Crippen LogP contribution in [0.25, 0.3) is 0 Å². The zero-order valence-corrected chi connectivity index (χ0v) is 19.2. The molecule has 0 aromatic heterocycles. The molecule has 0 radical (unpaired) electrons. The van der Waals surface area contributed by atoms with E-state index in [-0.39, 0.29) is 16.6 Å². The van der Waals surface area contributed by atoms with Crippen LogP contribution in [0.4, 0.5) is 11.4 Å². The Morgan fingerprint density at radius 1 is 0.931 bits per heavy atom. The first-order valence-electron chi connectivity index (χ1n) is 11.5. The summed E-state index contributed by atoms with van der Waals surface area (Å²) in [7, 11) is 0. The fourth-order valence-electron chi connectivity index (χ4n) is 4.29. The van der Waals surface area contributed by atoms with Gasteiger partial charge >= 0.3 is 0 Å². The summed E-state index contributed by atoms with van der Waals surface area (Å²) < 4.78 is 3.94. The third-order valence-electron chi connectivity index (χ3n) is 6.10. The Hall–Kier alpha value is -1.20. The molecule has 1 amide bonds. The van der Waals surface area contributed by atoms with Crippen molar-refractivity contribution >= 4 is 29.2 Å². The molecule has 1 aromatic carbocycles. The van der Waals surface area contributed by atoms with Crippen LogP contribution < -0.4 is 15.4 Å². The molecule has 0 saturated heterocycles. The predicted molar refractivity (Wildman–Crippen MR) is 126 cm³/mol. The van der Waals surface area contributed by atoms with Crippen LogP contribution in [-0.2, 0) is 4.79 Å². The summed E-state index contributed by atoms with van der Waals surface area (Å²) in [5, 5.41) is 6.69. The van der Waals surface area contributed by atoms with E-state index in [2.05, 4.69) is 48.3 Å². The molecular weight excluding hydrogens is 378 g/mol. The first-order valence-corrected chi connectivity index (χ1v) is 12.3. The van der Waals surface area contributed by atoms with E-state index in [4.69, 9.17) is 0 Å². The van der Waals surface area contributed by atoms with Gasteiger partial charge in [0.1, 0.15) is 0 Å². The molecule has 4 nitrogen and oxygen atoms in total. The second kappa shape index (κ2) is 10.7. The SMILES string of the molecule is CC(C)(C)SN[C@H]1CC[C@H](CNc2ccc(NC(=O)C3CCCCC3)cc2)CC1.